The summed E-state index contributed by atoms with van der Waals surface area (Å²) in [6, 6.07) is 3.09. The van der Waals surface area contributed by atoms with Crippen molar-refractivity contribution in [1.29, 1.82) is 0 Å². The van der Waals surface area contributed by atoms with E-state index in [-0.39, 0.29) is 4.47 Å². The molecular formula is C10H9BrF4. The van der Waals surface area contributed by atoms with Crippen molar-refractivity contribution in [3.63, 3.8) is 0 Å². The molecule has 0 saturated carbocycles. The van der Waals surface area contributed by atoms with Gasteiger partial charge in [-0.3, -0.25) is 0 Å². The van der Waals surface area contributed by atoms with E-state index in [1.165, 1.54) is 0 Å². The van der Waals surface area contributed by atoms with Crippen LogP contribution in [0.15, 0.2) is 22.7 Å². The average molecular weight is 285 g/mol. The molecule has 0 aromatic heterocycles. The topological polar surface area (TPSA) is 0 Å². The van der Waals surface area contributed by atoms with Gasteiger partial charge in [-0.1, -0.05) is 15.9 Å². The van der Waals surface area contributed by atoms with E-state index in [9.17, 15) is 17.6 Å². The lowest BCUT2D eigenvalue weighted by atomic mass is 10.0. The molecule has 0 aliphatic carbocycles. The fourth-order valence-electron chi connectivity index (χ4n) is 1.10. The van der Waals surface area contributed by atoms with Gasteiger partial charge in [0.2, 0.25) is 0 Å². The van der Waals surface area contributed by atoms with Crippen LogP contribution < -0.4 is 0 Å². The minimum Gasteiger partial charge on any atom is -0.202 e. The first kappa shape index (κ1) is 12.5. The summed E-state index contributed by atoms with van der Waals surface area (Å²) in [5.41, 5.74) is -0.846. The molecule has 1 aromatic rings. The molecule has 84 valence electrons. The van der Waals surface area contributed by atoms with Crippen molar-refractivity contribution >= 4 is 15.9 Å². The molecule has 0 aliphatic rings. The molecular weight excluding hydrogens is 276 g/mol. The fraction of sp³-hybridized carbons (Fsp3) is 0.400. The summed E-state index contributed by atoms with van der Waals surface area (Å²) in [5, 5.41) is 0. The van der Waals surface area contributed by atoms with Gasteiger partial charge in [-0.2, -0.15) is 0 Å². The van der Waals surface area contributed by atoms with Crippen molar-refractivity contribution in [2.45, 2.75) is 25.7 Å². The second kappa shape index (κ2) is 3.77. The molecule has 0 bridgehead atoms. The lowest BCUT2D eigenvalue weighted by Crippen LogP contribution is -2.12. The third-order valence-electron chi connectivity index (χ3n) is 1.91. The van der Waals surface area contributed by atoms with Crippen LogP contribution in [0.3, 0.4) is 0 Å². The second-order valence-electron chi connectivity index (χ2n) is 3.51. The molecule has 0 radical (unpaired) electrons. The first-order chi connectivity index (χ1) is 6.60. The van der Waals surface area contributed by atoms with Gasteiger partial charge in [0.05, 0.1) is 0 Å². The van der Waals surface area contributed by atoms with Gasteiger partial charge in [-0.15, -0.1) is 0 Å². The summed E-state index contributed by atoms with van der Waals surface area (Å²) in [4.78, 5) is 0. The summed E-state index contributed by atoms with van der Waals surface area (Å²) in [5.74, 6) is -6.24. The van der Waals surface area contributed by atoms with Gasteiger partial charge < -0.3 is 0 Å². The van der Waals surface area contributed by atoms with Crippen LogP contribution in [-0.4, -0.2) is 0 Å². The highest BCUT2D eigenvalue weighted by Crippen LogP contribution is 2.35. The highest BCUT2D eigenvalue weighted by atomic mass is 79.9. The van der Waals surface area contributed by atoms with E-state index < -0.39 is 23.0 Å². The molecule has 0 saturated heterocycles. The average Bonchev–Trinajstić information content (AvgIpc) is 1.99. The molecule has 5 heteroatoms. The number of hydrogen-bond donors (Lipinski definition) is 0. The highest BCUT2D eigenvalue weighted by molar-refractivity contribution is 9.10. The Kier molecular flexibility index (Phi) is 3.14. The van der Waals surface area contributed by atoms with E-state index >= 15 is 0 Å². The summed E-state index contributed by atoms with van der Waals surface area (Å²) >= 11 is 2.93. The Morgan fingerprint density at radius 1 is 0.867 bits per heavy atom. The standard InChI is InChI=1S/C10H9BrF4/c1-9(12,13)6-3-7(10(2,14)15)5-8(11)4-6/h3-5H,1-2H3. The Hall–Kier alpha value is -0.580. The van der Waals surface area contributed by atoms with E-state index in [2.05, 4.69) is 15.9 Å². The molecule has 0 nitrogen and oxygen atoms in total. The van der Waals surface area contributed by atoms with Gasteiger partial charge in [0.15, 0.2) is 0 Å². The molecule has 0 heterocycles. The lowest BCUT2D eigenvalue weighted by Gasteiger charge is -2.16. The summed E-state index contributed by atoms with van der Waals surface area (Å²) in [6.45, 7) is 1.35. The van der Waals surface area contributed by atoms with Crippen LogP contribution in [0.2, 0.25) is 0 Å². The zero-order valence-corrected chi connectivity index (χ0v) is 9.71. The number of benzene rings is 1. The smallest absolute Gasteiger partial charge is 0.202 e. The van der Waals surface area contributed by atoms with Gasteiger partial charge in [-0.05, 0) is 18.2 Å². The molecule has 0 N–H and O–H groups in total. The molecule has 1 aromatic carbocycles. The third kappa shape index (κ3) is 3.19. The molecule has 0 unspecified atom stereocenters. The van der Waals surface area contributed by atoms with Crippen molar-refractivity contribution < 1.29 is 17.6 Å². The fourth-order valence-corrected chi connectivity index (χ4v) is 1.59. The Balaban J connectivity index is 3.30. The normalized spacial score (nSPS) is 13.0. The molecule has 1 rings (SSSR count). The van der Waals surface area contributed by atoms with Gasteiger partial charge in [0.25, 0.3) is 11.8 Å². The quantitative estimate of drug-likeness (QED) is 0.692. The summed E-state index contributed by atoms with van der Waals surface area (Å²) < 4.78 is 52.0. The zero-order valence-electron chi connectivity index (χ0n) is 8.12. The van der Waals surface area contributed by atoms with Crippen LogP contribution in [0, 0.1) is 0 Å². The van der Waals surface area contributed by atoms with Crippen LogP contribution in [0.25, 0.3) is 0 Å². The van der Waals surface area contributed by atoms with E-state index in [1.54, 1.807) is 0 Å². The molecule has 0 aliphatic heterocycles. The van der Waals surface area contributed by atoms with Gasteiger partial charge in [0, 0.05) is 29.4 Å². The molecule has 0 spiro atoms. The van der Waals surface area contributed by atoms with Crippen molar-refractivity contribution in [2.24, 2.45) is 0 Å². The van der Waals surface area contributed by atoms with Gasteiger partial charge in [0.1, 0.15) is 0 Å². The van der Waals surface area contributed by atoms with Crippen molar-refractivity contribution in [3.8, 4) is 0 Å². The summed E-state index contributed by atoms with van der Waals surface area (Å²) in [6.07, 6.45) is 0. The minimum absolute atomic E-state index is 0.220. The molecule has 0 amide bonds. The maximum atomic E-state index is 12.9. The number of rotatable bonds is 2. The molecule has 0 fully saturated rings. The Bertz CT molecular complexity index is 330. The lowest BCUT2D eigenvalue weighted by molar-refractivity contribution is 0.0104. The second-order valence-corrected chi connectivity index (χ2v) is 4.42. The predicted octanol–water partition coefficient (Wildman–Crippen LogP) is 4.67. The number of alkyl halides is 4. The highest BCUT2D eigenvalue weighted by Gasteiger charge is 2.30. The van der Waals surface area contributed by atoms with Gasteiger partial charge >= 0.3 is 0 Å². The molecule has 15 heavy (non-hydrogen) atoms. The zero-order chi connectivity index (χ0) is 11.9. The van der Waals surface area contributed by atoms with E-state index in [1.807, 2.05) is 0 Å². The maximum absolute atomic E-state index is 12.9. The van der Waals surface area contributed by atoms with Gasteiger partial charge in [-0.25, -0.2) is 17.6 Å². The minimum atomic E-state index is -3.12. The Morgan fingerprint density at radius 3 is 1.47 bits per heavy atom. The SMILES string of the molecule is CC(F)(F)c1cc(Br)cc(C(C)(F)F)c1. The largest absolute Gasteiger partial charge is 0.270 e. The number of halogens is 5. The number of hydrogen-bond acceptors (Lipinski definition) is 0. The van der Waals surface area contributed by atoms with Crippen molar-refractivity contribution in [3.05, 3.63) is 33.8 Å². The van der Waals surface area contributed by atoms with Crippen LogP contribution in [0.1, 0.15) is 25.0 Å². The van der Waals surface area contributed by atoms with E-state index in [0.717, 1.165) is 18.2 Å². The van der Waals surface area contributed by atoms with Crippen LogP contribution in [-0.2, 0) is 11.8 Å². The van der Waals surface area contributed by atoms with E-state index in [4.69, 9.17) is 0 Å². The Morgan fingerprint density at radius 2 is 1.20 bits per heavy atom. The van der Waals surface area contributed by atoms with Crippen LogP contribution in [0.5, 0.6) is 0 Å². The monoisotopic (exact) mass is 284 g/mol. The predicted molar refractivity (Wildman–Crippen MR) is 53.3 cm³/mol. The first-order valence-electron chi connectivity index (χ1n) is 4.18. The third-order valence-corrected chi connectivity index (χ3v) is 2.37. The molecule has 0 atom stereocenters. The maximum Gasteiger partial charge on any atom is 0.270 e. The van der Waals surface area contributed by atoms with Crippen LogP contribution >= 0.6 is 15.9 Å². The van der Waals surface area contributed by atoms with Crippen molar-refractivity contribution in [1.82, 2.24) is 0 Å². The summed E-state index contributed by atoms with van der Waals surface area (Å²) in [7, 11) is 0. The Labute approximate surface area is 93.4 Å². The van der Waals surface area contributed by atoms with Crippen LogP contribution in [0.4, 0.5) is 17.6 Å². The van der Waals surface area contributed by atoms with E-state index in [0.29, 0.717) is 13.8 Å². The first-order valence-corrected chi connectivity index (χ1v) is 4.97. The van der Waals surface area contributed by atoms with Crippen molar-refractivity contribution in [2.75, 3.05) is 0 Å².